The van der Waals surface area contributed by atoms with Crippen LogP contribution in [0.4, 0.5) is 0 Å². The molecule has 0 saturated heterocycles. The highest BCUT2D eigenvalue weighted by molar-refractivity contribution is 5.79. The summed E-state index contributed by atoms with van der Waals surface area (Å²) >= 11 is 0. The third-order valence-corrected chi connectivity index (χ3v) is 3.34. The molecule has 2 N–H and O–H groups in total. The Hall–Kier alpha value is -2.95. The molecule has 0 saturated carbocycles. The largest absolute Gasteiger partial charge is 0.504 e. The van der Waals surface area contributed by atoms with Crippen LogP contribution in [0.15, 0.2) is 42.5 Å². The topological polar surface area (TPSA) is 76.0 Å². The van der Waals surface area contributed by atoms with Gasteiger partial charge in [-0.3, -0.25) is 4.79 Å². The Morgan fingerprint density at radius 1 is 1.12 bits per heavy atom. The second kappa shape index (κ2) is 7.30. The maximum atomic E-state index is 11.0. The highest BCUT2D eigenvalue weighted by Crippen LogP contribution is 2.45. The van der Waals surface area contributed by atoms with Gasteiger partial charge in [0, 0.05) is 23.3 Å². The van der Waals surface area contributed by atoms with Crippen LogP contribution in [0.5, 0.6) is 23.0 Å². The Kier molecular flexibility index (Phi) is 5.37. The normalized spacial score (nSPS) is 11.9. The van der Waals surface area contributed by atoms with E-state index in [9.17, 15) is 15.0 Å². The fourth-order valence-electron chi connectivity index (χ4n) is 2.22. The van der Waals surface area contributed by atoms with Crippen LogP contribution in [0.25, 0.3) is 5.76 Å². The van der Waals surface area contributed by atoms with Crippen LogP contribution < -0.4 is 9.47 Å². The van der Waals surface area contributed by atoms with E-state index in [0.717, 1.165) is 0 Å². The Morgan fingerprint density at radius 3 is 2.32 bits per heavy atom. The summed E-state index contributed by atoms with van der Waals surface area (Å²) in [6, 6.07) is 10.4. The monoisotopic (exact) mass is 342 g/mol. The van der Waals surface area contributed by atoms with Gasteiger partial charge in [-0.15, -0.1) is 0 Å². The summed E-state index contributed by atoms with van der Waals surface area (Å²) in [7, 11) is 0. The van der Waals surface area contributed by atoms with Crippen LogP contribution in [0.1, 0.15) is 31.9 Å². The molecule has 0 aliphatic carbocycles. The van der Waals surface area contributed by atoms with Crippen LogP contribution in [0.2, 0.25) is 0 Å². The minimum absolute atomic E-state index is 0.140. The van der Waals surface area contributed by atoms with Gasteiger partial charge in [0.2, 0.25) is 5.75 Å². The maximum Gasteiger partial charge on any atom is 0.201 e. The molecule has 2 aromatic carbocycles. The van der Waals surface area contributed by atoms with E-state index < -0.39 is 5.60 Å². The molecule has 0 aliphatic rings. The summed E-state index contributed by atoms with van der Waals surface area (Å²) in [5.41, 5.74) is 0.645. The summed E-state index contributed by atoms with van der Waals surface area (Å²) in [5.74, 6) is 0.0387. The first-order chi connectivity index (χ1) is 11.7. The molecular weight excluding hydrogens is 320 g/mol. The zero-order valence-corrected chi connectivity index (χ0v) is 14.7. The number of hydrogen-bond donors (Lipinski definition) is 2. The Balaban J connectivity index is 2.48. The average Bonchev–Trinajstić information content (AvgIpc) is 2.56. The van der Waals surface area contributed by atoms with E-state index in [-0.39, 0.29) is 23.0 Å². The molecule has 5 nitrogen and oxygen atoms in total. The molecule has 2 rings (SSSR count). The summed E-state index contributed by atoms with van der Waals surface area (Å²) in [6.07, 6.45) is 1.92. The van der Waals surface area contributed by atoms with Crippen molar-refractivity contribution < 1.29 is 24.5 Å². The molecule has 2 aromatic rings. The fourth-order valence-corrected chi connectivity index (χ4v) is 2.22. The minimum atomic E-state index is -0.575. The zero-order valence-electron chi connectivity index (χ0n) is 14.7. The van der Waals surface area contributed by atoms with Crippen molar-refractivity contribution in [1.29, 1.82) is 0 Å². The molecule has 0 bridgehead atoms. The van der Waals surface area contributed by atoms with Gasteiger partial charge in [-0.2, -0.15) is 0 Å². The highest BCUT2D eigenvalue weighted by Gasteiger charge is 2.23. The molecule has 0 spiro atoms. The van der Waals surface area contributed by atoms with Crippen LogP contribution in [0, 0.1) is 6.92 Å². The lowest BCUT2D eigenvalue weighted by molar-refractivity contribution is -0.104. The van der Waals surface area contributed by atoms with E-state index >= 15 is 0 Å². The number of benzene rings is 2. The second-order valence-corrected chi connectivity index (χ2v) is 6.55. The molecule has 0 amide bonds. The molecule has 25 heavy (non-hydrogen) atoms. The van der Waals surface area contributed by atoms with Gasteiger partial charge in [0.1, 0.15) is 23.4 Å². The van der Waals surface area contributed by atoms with Crippen molar-refractivity contribution >= 4 is 12.0 Å². The van der Waals surface area contributed by atoms with Crippen molar-refractivity contribution in [2.24, 2.45) is 0 Å². The molecule has 5 heteroatoms. The van der Waals surface area contributed by atoms with Crippen LogP contribution >= 0.6 is 0 Å². The number of hydrogen-bond acceptors (Lipinski definition) is 5. The molecule has 0 radical (unpaired) electrons. The van der Waals surface area contributed by atoms with Crippen molar-refractivity contribution in [3.63, 3.8) is 0 Å². The van der Waals surface area contributed by atoms with E-state index in [1.165, 1.54) is 12.1 Å². The van der Waals surface area contributed by atoms with Gasteiger partial charge in [-0.25, -0.2) is 0 Å². The summed E-state index contributed by atoms with van der Waals surface area (Å²) < 4.78 is 11.6. The van der Waals surface area contributed by atoms with E-state index in [4.69, 9.17) is 9.47 Å². The van der Waals surface area contributed by atoms with Gasteiger partial charge in [0.05, 0.1) is 0 Å². The number of phenolic OH excluding ortho intramolecular Hbond substituents is 2. The molecule has 0 fully saturated rings. The number of carbonyl (C=O) groups is 1. The van der Waals surface area contributed by atoms with Crippen LogP contribution in [0.3, 0.4) is 0 Å². The number of aromatic hydroxyl groups is 2. The van der Waals surface area contributed by atoms with Gasteiger partial charge >= 0.3 is 0 Å². The molecule has 0 atom stereocenters. The number of phenols is 2. The van der Waals surface area contributed by atoms with Gasteiger partial charge < -0.3 is 19.7 Å². The summed E-state index contributed by atoms with van der Waals surface area (Å²) in [4.78, 5) is 11.0. The van der Waals surface area contributed by atoms with Crippen molar-refractivity contribution in [3.8, 4) is 23.0 Å². The average molecular weight is 342 g/mol. The summed E-state index contributed by atoms with van der Waals surface area (Å²) in [6.45, 7) is 7.20. The second-order valence-electron chi connectivity index (χ2n) is 6.55. The van der Waals surface area contributed by atoms with E-state index in [2.05, 4.69) is 0 Å². The quantitative estimate of drug-likeness (QED) is 0.368. The summed E-state index contributed by atoms with van der Waals surface area (Å²) in [5, 5.41) is 20.1. The fraction of sp³-hybridized carbons (Fsp3) is 0.250. The number of allylic oxidation sites excluding steroid dienone is 1. The molecule has 0 unspecified atom stereocenters. The third-order valence-electron chi connectivity index (χ3n) is 3.34. The molecule has 0 heterocycles. The molecule has 132 valence electrons. The number of rotatable bonds is 5. The smallest absolute Gasteiger partial charge is 0.201 e. The first-order valence-corrected chi connectivity index (χ1v) is 7.86. The lowest BCUT2D eigenvalue weighted by atomic mass is 10.1. The number of carbonyl (C=O) groups excluding carboxylic acids is 1. The number of ether oxygens (including phenoxy) is 2. The third kappa shape index (κ3) is 4.53. The Labute approximate surface area is 147 Å². The lowest BCUT2D eigenvalue weighted by Gasteiger charge is -2.24. The van der Waals surface area contributed by atoms with Crippen molar-refractivity contribution in [1.82, 2.24) is 0 Å². The zero-order chi connectivity index (χ0) is 18.6. The van der Waals surface area contributed by atoms with Crippen molar-refractivity contribution in [2.45, 2.75) is 33.3 Å². The van der Waals surface area contributed by atoms with Crippen molar-refractivity contribution in [2.75, 3.05) is 0 Å². The van der Waals surface area contributed by atoms with E-state index in [1.807, 2.05) is 39.0 Å². The lowest BCUT2D eigenvalue weighted by Crippen LogP contribution is -2.23. The van der Waals surface area contributed by atoms with E-state index in [1.54, 1.807) is 19.1 Å². The SMILES string of the molecule is Cc1c(O/C(=C\C=O)c2ccccc2)cc(O)c(O)c1OC(C)(C)C. The molecule has 0 aromatic heterocycles. The van der Waals surface area contributed by atoms with Gasteiger partial charge in [-0.05, 0) is 27.7 Å². The number of aldehydes is 1. The maximum absolute atomic E-state index is 11.0. The predicted molar refractivity (Wildman–Crippen MR) is 96.0 cm³/mol. The first-order valence-electron chi connectivity index (χ1n) is 7.86. The van der Waals surface area contributed by atoms with Crippen LogP contribution in [-0.2, 0) is 4.79 Å². The molecule has 0 aliphatic heterocycles. The van der Waals surface area contributed by atoms with E-state index in [0.29, 0.717) is 23.2 Å². The van der Waals surface area contributed by atoms with Crippen LogP contribution in [-0.4, -0.2) is 22.1 Å². The van der Waals surface area contributed by atoms with Crippen molar-refractivity contribution in [3.05, 3.63) is 53.6 Å². The Bertz CT molecular complexity index is 786. The van der Waals surface area contributed by atoms with Gasteiger partial charge in [-0.1, -0.05) is 30.3 Å². The minimum Gasteiger partial charge on any atom is -0.504 e. The highest BCUT2D eigenvalue weighted by atomic mass is 16.5. The first kappa shape index (κ1) is 18.4. The van der Waals surface area contributed by atoms with Gasteiger partial charge in [0.25, 0.3) is 0 Å². The Morgan fingerprint density at radius 2 is 1.76 bits per heavy atom. The molecular formula is C20H22O5. The predicted octanol–water partition coefficient (Wildman–Crippen LogP) is 4.20. The standard InChI is InChI=1S/C20H22O5/c1-13-17(12-15(22)18(23)19(13)25-20(2,3)4)24-16(10-11-21)14-8-6-5-7-9-14/h5-12,22-23H,1-4H3/b16-10-. The van der Waals surface area contributed by atoms with Gasteiger partial charge in [0.15, 0.2) is 11.5 Å².